The molecule has 5 heteroatoms. The van der Waals surface area contributed by atoms with E-state index in [1.54, 1.807) is 0 Å². The first-order valence-corrected chi connectivity index (χ1v) is 4.97. The fourth-order valence-corrected chi connectivity index (χ4v) is 1.57. The highest BCUT2D eigenvalue weighted by molar-refractivity contribution is 6.18. The van der Waals surface area contributed by atoms with Gasteiger partial charge in [-0.15, -0.1) is 11.6 Å². The highest BCUT2D eigenvalue weighted by Gasteiger charge is 2.21. The van der Waals surface area contributed by atoms with Gasteiger partial charge < -0.3 is 4.84 Å². The molecule has 0 N–H and O–H groups in total. The third-order valence-electron chi connectivity index (χ3n) is 2.10. The molecule has 1 heterocycles. The molecular formula is C10H8ClF2NO. The van der Waals surface area contributed by atoms with E-state index in [4.69, 9.17) is 16.4 Å². The summed E-state index contributed by atoms with van der Waals surface area (Å²) in [7, 11) is 0. The predicted molar refractivity (Wildman–Crippen MR) is 53.1 cm³/mol. The van der Waals surface area contributed by atoms with Gasteiger partial charge in [0.05, 0.1) is 11.6 Å². The lowest BCUT2D eigenvalue weighted by Gasteiger charge is -2.01. The number of rotatable bonds is 2. The summed E-state index contributed by atoms with van der Waals surface area (Å²) in [5.74, 6) is -0.936. The van der Waals surface area contributed by atoms with Gasteiger partial charge in [0, 0.05) is 18.1 Å². The molecule has 0 aromatic heterocycles. The molecule has 0 fully saturated rings. The Hall–Kier alpha value is -1.16. The molecule has 2 rings (SSSR count). The van der Waals surface area contributed by atoms with Crippen LogP contribution in [0.2, 0.25) is 0 Å². The molecule has 0 saturated heterocycles. The van der Waals surface area contributed by atoms with E-state index >= 15 is 0 Å². The number of hydrogen-bond acceptors (Lipinski definition) is 2. The van der Waals surface area contributed by atoms with E-state index in [2.05, 4.69) is 5.16 Å². The SMILES string of the molecule is Fc1cc(F)cc(C2=NOC(CCl)C2)c1. The molecule has 0 bridgehead atoms. The second-order valence-corrected chi connectivity index (χ2v) is 3.59. The van der Waals surface area contributed by atoms with E-state index in [0.717, 1.165) is 6.07 Å². The third-order valence-corrected chi connectivity index (χ3v) is 2.45. The molecule has 0 spiro atoms. The zero-order valence-electron chi connectivity index (χ0n) is 7.71. The largest absolute Gasteiger partial charge is 0.391 e. The van der Waals surface area contributed by atoms with Gasteiger partial charge in [0.15, 0.2) is 0 Å². The van der Waals surface area contributed by atoms with Crippen LogP contribution in [0.1, 0.15) is 12.0 Å². The van der Waals surface area contributed by atoms with Crippen LogP contribution in [0, 0.1) is 11.6 Å². The molecule has 0 aliphatic carbocycles. The Morgan fingerprint density at radius 3 is 2.53 bits per heavy atom. The summed E-state index contributed by atoms with van der Waals surface area (Å²) in [4.78, 5) is 4.96. The van der Waals surface area contributed by atoms with Gasteiger partial charge >= 0.3 is 0 Å². The van der Waals surface area contributed by atoms with Crippen molar-refractivity contribution in [3.8, 4) is 0 Å². The van der Waals surface area contributed by atoms with Crippen LogP contribution in [-0.2, 0) is 4.84 Å². The molecule has 1 atom stereocenters. The minimum Gasteiger partial charge on any atom is -0.391 e. The Morgan fingerprint density at radius 1 is 1.33 bits per heavy atom. The maximum Gasteiger partial charge on any atom is 0.146 e. The monoisotopic (exact) mass is 231 g/mol. The first-order valence-electron chi connectivity index (χ1n) is 4.44. The highest BCUT2D eigenvalue weighted by Crippen LogP contribution is 2.19. The van der Waals surface area contributed by atoms with Gasteiger partial charge in [-0.25, -0.2) is 8.78 Å². The van der Waals surface area contributed by atoms with Crippen LogP contribution in [0.25, 0.3) is 0 Å². The summed E-state index contributed by atoms with van der Waals surface area (Å²) in [5.41, 5.74) is 0.930. The van der Waals surface area contributed by atoms with Gasteiger partial charge in [0.25, 0.3) is 0 Å². The van der Waals surface area contributed by atoms with Crippen molar-refractivity contribution in [2.45, 2.75) is 12.5 Å². The fraction of sp³-hybridized carbons (Fsp3) is 0.300. The first-order chi connectivity index (χ1) is 7.19. The van der Waals surface area contributed by atoms with Crippen molar-refractivity contribution in [1.82, 2.24) is 0 Å². The van der Waals surface area contributed by atoms with E-state index in [9.17, 15) is 8.78 Å². The standard InChI is InChI=1S/C10H8ClF2NO/c11-5-9-4-10(14-15-9)6-1-7(12)3-8(13)2-6/h1-3,9H,4-5H2. The molecule has 0 saturated carbocycles. The minimum absolute atomic E-state index is 0.201. The lowest BCUT2D eigenvalue weighted by molar-refractivity contribution is 0.102. The molecule has 1 aromatic rings. The highest BCUT2D eigenvalue weighted by atomic mass is 35.5. The topological polar surface area (TPSA) is 21.6 Å². The Morgan fingerprint density at radius 2 is 2.00 bits per heavy atom. The fourth-order valence-electron chi connectivity index (χ4n) is 1.40. The molecule has 15 heavy (non-hydrogen) atoms. The van der Waals surface area contributed by atoms with Crippen LogP contribution in [0.4, 0.5) is 8.78 Å². The molecule has 2 nitrogen and oxygen atoms in total. The zero-order valence-corrected chi connectivity index (χ0v) is 8.47. The second-order valence-electron chi connectivity index (χ2n) is 3.28. The lowest BCUT2D eigenvalue weighted by atomic mass is 10.1. The normalized spacial score (nSPS) is 19.9. The van der Waals surface area contributed by atoms with Crippen molar-refractivity contribution in [3.05, 3.63) is 35.4 Å². The second kappa shape index (κ2) is 4.14. The van der Waals surface area contributed by atoms with Gasteiger partial charge in [-0.3, -0.25) is 0 Å². The summed E-state index contributed by atoms with van der Waals surface area (Å²) < 4.78 is 25.8. The number of halogens is 3. The number of hydrogen-bond donors (Lipinski definition) is 0. The average Bonchev–Trinajstić information content (AvgIpc) is 2.64. The average molecular weight is 232 g/mol. The third kappa shape index (κ3) is 2.26. The van der Waals surface area contributed by atoms with Crippen LogP contribution in [-0.4, -0.2) is 17.7 Å². The molecule has 1 unspecified atom stereocenters. The molecule has 0 radical (unpaired) electrons. The van der Waals surface area contributed by atoms with E-state index in [1.165, 1.54) is 12.1 Å². The Balaban J connectivity index is 2.24. The minimum atomic E-state index is -0.623. The number of alkyl halides is 1. The molecule has 1 aliphatic heterocycles. The van der Waals surface area contributed by atoms with Crippen LogP contribution in [0.15, 0.2) is 23.4 Å². The molecule has 0 amide bonds. The van der Waals surface area contributed by atoms with Gasteiger partial charge in [-0.05, 0) is 12.1 Å². The summed E-state index contributed by atoms with van der Waals surface area (Å²) in [6.07, 6.45) is 0.278. The van der Waals surface area contributed by atoms with E-state index in [1.807, 2.05) is 0 Å². The van der Waals surface area contributed by atoms with E-state index in [0.29, 0.717) is 23.6 Å². The summed E-state index contributed by atoms with van der Waals surface area (Å²) in [6, 6.07) is 3.27. The van der Waals surface area contributed by atoms with Crippen molar-refractivity contribution < 1.29 is 13.6 Å². The van der Waals surface area contributed by atoms with Crippen LogP contribution in [0.5, 0.6) is 0 Å². The lowest BCUT2D eigenvalue weighted by Crippen LogP contribution is -2.09. The van der Waals surface area contributed by atoms with Crippen LogP contribution >= 0.6 is 11.6 Å². The quantitative estimate of drug-likeness (QED) is 0.717. The van der Waals surface area contributed by atoms with E-state index < -0.39 is 11.6 Å². The molecular weight excluding hydrogens is 224 g/mol. The summed E-state index contributed by atoms with van der Waals surface area (Å²) in [6.45, 7) is 0. The first kappa shape index (κ1) is 10.4. The summed E-state index contributed by atoms with van der Waals surface area (Å²) >= 11 is 5.58. The maximum absolute atomic E-state index is 12.9. The van der Waals surface area contributed by atoms with Gasteiger partial charge in [-0.2, -0.15) is 0 Å². The number of nitrogens with zero attached hydrogens (tertiary/aromatic N) is 1. The van der Waals surface area contributed by atoms with Crippen LogP contribution in [0.3, 0.4) is 0 Å². The van der Waals surface area contributed by atoms with Crippen molar-refractivity contribution in [2.75, 3.05) is 5.88 Å². The molecule has 1 aromatic carbocycles. The molecule has 1 aliphatic rings. The number of oxime groups is 1. The van der Waals surface area contributed by atoms with Gasteiger partial charge in [-0.1, -0.05) is 5.16 Å². The Bertz CT molecular complexity index is 388. The zero-order chi connectivity index (χ0) is 10.8. The molecule has 80 valence electrons. The van der Waals surface area contributed by atoms with Crippen LogP contribution < -0.4 is 0 Å². The maximum atomic E-state index is 12.9. The summed E-state index contributed by atoms with van der Waals surface area (Å²) in [5, 5.41) is 3.74. The smallest absolute Gasteiger partial charge is 0.146 e. The Labute approximate surface area is 90.5 Å². The van der Waals surface area contributed by atoms with Crippen molar-refractivity contribution in [1.29, 1.82) is 0 Å². The number of benzene rings is 1. The predicted octanol–water partition coefficient (Wildman–Crippen LogP) is 2.70. The van der Waals surface area contributed by atoms with Gasteiger partial charge in [0.2, 0.25) is 0 Å². The Kier molecular flexibility index (Phi) is 2.86. The van der Waals surface area contributed by atoms with E-state index in [-0.39, 0.29) is 6.10 Å². The van der Waals surface area contributed by atoms with Crippen molar-refractivity contribution >= 4 is 17.3 Å². The van der Waals surface area contributed by atoms with Crippen molar-refractivity contribution in [3.63, 3.8) is 0 Å². The van der Waals surface area contributed by atoms with Gasteiger partial charge in [0.1, 0.15) is 17.7 Å². The van der Waals surface area contributed by atoms with Crippen molar-refractivity contribution in [2.24, 2.45) is 5.16 Å².